The van der Waals surface area contributed by atoms with E-state index in [1.807, 2.05) is 36.4 Å². The Morgan fingerprint density at radius 3 is 1.88 bits per heavy atom. The Hall–Kier alpha value is -4.95. The second-order valence-electron chi connectivity index (χ2n) is 10.9. The number of aliphatic hydroxyl groups is 2. The topological polar surface area (TPSA) is 148 Å². The van der Waals surface area contributed by atoms with Crippen molar-refractivity contribution in [2.45, 2.75) is 42.2 Å². The Morgan fingerprint density at radius 1 is 0.854 bits per heavy atom. The van der Waals surface area contributed by atoms with E-state index in [1.54, 1.807) is 54.5 Å². The van der Waals surface area contributed by atoms with E-state index >= 15 is 0 Å². The lowest BCUT2D eigenvalue weighted by Crippen LogP contribution is -2.58. The van der Waals surface area contributed by atoms with Gasteiger partial charge in [-0.1, -0.05) is 54.6 Å². The number of nitrogens with one attached hydrogen (secondary N) is 3. The maximum atomic E-state index is 13.4. The third kappa shape index (κ3) is 6.20. The average molecular weight is 668 g/mol. The standard InChI is InChI=1S/C33H32F3N5O7/c1-46-24-12-8-22(9-13-24)33(21-6-4-3-5-7-21,23-10-14-25(47-2)15-11-23)30(44)29-26(42)20-28(48-29)41-18-16-27(43)40(31(41)45)19-17-32(37-34,38-35)39-36/h3-16,18,26,28-30,37-39,42,44H,20H2,1-2H3/t26-,28+,29-,30?/m0/s1. The number of methoxy groups -OCH3 is 2. The van der Waals surface area contributed by atoms with Crippen LogP contribution in [0.3, 0.4) is 0 Å². The molecule has 4 aromatic rings. The Labute approximate surface area is 272 Å². The minimum atomic E-state index is -3.06. The Morgan fingerprint density at radius 2 is 1.38 bits per heavy atom. The molecule has 1 aliphatic rings. The third-order valence-electron chi connectivity index (χ3n) is 8.31. The number of aliphatic hydroxyl groups excluding tert-OH is 2. The summed E-state index contributed by atoms with van der Waals surface area (Å²) >= 11 is 0. The van der Waals surface area contributed by atoms with Crippen molar-refractivity contribution in [1.82, 2.24) is 25.8 Å². The number of hydrogen-bond donors (Lipinski definition) is 5. The Bertz CT molecular complexity index is 1820. The average Bonchev–Trinajstić information content (AvgIpc) is 3.52. The number of halogens is 3. The predicted molar refractivity (Wildman–Crippen MR) is 166 cm³/mol. The summed E-state index contributed by atoms with van der Waals surface area (Å²) in [7, 11) is 3.06. The fourth-order valence-corrected chi connectivity index (χ4v) is 5.88. The molecule has 1 saturated heterocycles. The van der Waals surface area contributed by atoms with E-state index in [0.29, 0.717) is 44.8 Å². The largest absolute Gasteiger partial charge is 0.497 e. The van der Waals surface area contributed by atoms with Gasteiger partial charge in [-0.05, 0) is 46.9 Å². The highest BCUT2D eigenvalue weighted by Crippen LogP contribution is 2.47. The van der Waals surface area contributed by atoms with E-state index < -0.39 is 47.0 Å². The van der Waals surface area contributed by atoms with Gasteiger partial charge in [-0.2, -0.15) is 4.57 Å². The van der Waals surface area contributed by atoms with Crippen LogP contribution in [0.25, 0.3) is 0 Å². The second-order valence-corrected chi connectivity index (χ2v) is 10.9. The molecule has 0 saturated carbocycles. The SMILES string of the molecule is COc1ccc(C(c2ccccc2)(c2ccc(OC)cc2)C(O)[C@H]2O[C@@H](n3ccc(=O)n(C#CC(NF)(NF)NF)c3=O)C[C@@H]2O)cc1. The highest BCUT2D eigenvalue weighted by molar-refractivity contribution is 5.54. The molecule has 2 heterocycles. The van der Waals surface area contributed by atoms with Crippen LogP contribution in [0, 0.1) is 12.0 Å². The first-order chi connectivity index (χ1) is 23.2. The highest BCUT2D eigenvalue weighted by Gasteiger charge is 2.52. The lowest BCUT2D eigenvalue weighted by Gasteiger charge is -2.43. The van der Waals surface area contributed by atoms with Crippen LogP contribution in [0.1, 0.15) is 29.3 Å². The fourth-order valence-electron chi connectivity index (χ4n) is 5.88. The zero-order valence-corrected chi connectivity index (χ0v) is 25.6. The van der Waals surface area contributed by atoms with Gasteiger partial charge in [0, 0.05) is 24.7 Å². The first kappa shape index (κ1) is 34.4. The molecule has 5 N–H and O–H groups in total. The molecule has 1 aromatic heterocycles. The summed E-state index contributed by atoms with van der Waals surface area (Å²) in [5, 5.41) is 23.9. The van der Waals surface area contributed by atoms with Crippen LogP contribution in [0.5, 0.6) is 11.5 Å². The Kier molecular flexibility index (Phi) is 10.3. The summed E-state index contributed by atoms with van der Waals surface area (Å²) in [5.41, 5.74) is 0.575. The van der Waals surface area contributed by atoms with Crippen LogP contribution >= 0.6 is 0 Å². The zero-order chi connectivity index (χ0) is 34.5. The molecule has 3 aromatic carbocycles. The normalized spacial score (nSPS) is 18.5. The van der Waals surface area contributed by atoms with Crippen molar-refractivity contribution in [3.05, 3.63) is 129 Å². The van der Waals surface area contributed by atoms with Crippen molar-refractivity contribution in [3.8, 4) is 23.5 Å². The maximum Gasteiger partial charge on any atom is 0.345 e. The third-order valence-corrected chi connectivity index (χ3v) is 8.31. The van der Waals surface area contributed by atoms with E-state index in [0.717, 1.165) is 16.8 Å². The molecule has 0 aliphatic carbocycles. The van der Waals surface area contributed by atoms with E-state index in [1.165, 1.54) is 14.2 Å². The molecule has 1 unspecified atom stereocenters. The van der Waals surface area contributed by atoms with Gasteiger partial charge < -0.3 is 24.4 Å². The molecule has 1 aliphatic heterocycles. The molecule has 4 atom stereocenters. The number of ether oxygens (including phenoxy) is 3. The lowest BCUT2D eigenvalue weighted by molar-refractivity contribution is -0.0977. The van der Waals surface area contributed by atoms with Gasteiger partial charge in [-0.3, -0.25) is 9.36 Å². The molecule has 1 fully saturated rings. The van der Waals surface area contributed by atoms with Gasteiger partial charge in [0.15, 0.2) is 0 Å². The van der Waals surface area contributed by atoms with Crippen LogP contribution in [0.2, 0.25) is 0 Å². The van der Waals surface area contributed by atoms with Crippen molar-refractivity contribution in [2.24, 2.45) is 0 Å². The first-order valence-electron chi connectivity index (χ1n) is 14.5. The van der Waals surface area contributed by atoms with E-state index in [-0.39, 0.29) is 11.0 Å². The number of benzene rings is 3. The first-order valence-corrected chi connectivity index (χ1v) is 14.5. The smallest absolute Gasteiger partial charge is 0.345 e. The van der Waals surface area contributed by atoms with Crippen molar-refractivity contribution in [2.75, 3.05) is 14.2 Å². The van der Waals surface area contributed by atoms with Gasteiger partial charge in [0.25, 0.3) is 11.3 Å². The molecule has 48 heavy (non-hydrogen) atoms. The number of aromatic nitrogens is 2. The number of rotatable bonds is 11. The zero-order valence-electron chi connectivity index (χ0n) is 25.6. The van der Waals surface area contributed by atoms with Gasteiger partial charge in [0.05, 0.1) is 25.7 Å². The van der Waals surface area contributed by atoms with E-state index in [2.05, 4.69) is 0 Å². The molecule has 12 nitrogen and oxygen atoms in total. The summed E-state index contributed by atoms with van der Waals surface area (Å²) in [6.07, 6.45) is -4.50. The van der Waals surface area contributed by atoms with Crippen molar-refractivity contribution < 1.29 is 37.9 Å². The van der Waals surface area contributed by atoms with Crippen LogP contribution in [0.4, 0.5) is 13.4 Å². The molecule has 15 heteroatoms. The molecule has 252 valence electrons. The predicted octanol–water partition coefficient (Wildman–Crippen LogP) is 1.96. The Balaban J connectivity index is 1.62. The molecule has 5 rings (SSSR count). The number of hydrogen-bond acceptors (Lipinski definition) is 10. The quantitative estimate of drug-likeness (QED) is 0.0696. The van der Waals surface area contributed by atoms with Gasteiger partial charge in [0.1, 0.15) is 29.9 Å². The fraction of sp³-hybridized carbons (Fsp3) is 0.273. The summed E-state index contributed by atoms with van der Waals surface area (Å²) in [6, 6.07) is 26.1. The lowest BCUT2D eigenvalue weighted by atomic mass is 9.64. The van der Waals surface area contributed by atoms with Crippen LogP contribution < -0.4 is 37.3 Å². The van der Waals surface area contributed by atoms with Crippen molar-refractivity contribution in [1.29, 1.82) is 0 Å². The van der Waals surface area contributed by atoms with E-state index in [4.69, 9.17) is 14.2 Å². The molecule has 0 spiro atoms. The van der Waals surface area contributed by atoms with Crippen molar-refractivity contribution in [3.63, 3.8) is 0 Å². The summed E-state index contributed by atoms with van der Waals surface area (Å²) < 4.78 is 57.2. The van der Waals surface area contributed by atoms with Crippen LogP contribution in [0.15, 0.2) is 101 Å². The number of nitrogens with zero attached hydrogens (tertiary/aromatic N) is 2. The molecule has 0 bridgehead atoms. The highest BCUT2D eigenvalue weighted by atomic mass is 19.2. The van der Waals surface area contributed by atoms with Gasteiger partial charge in [-0.25, -0.2) is 4.79 Å². The van der Waals surface area contributed by atoms with Gasteiger partial charge in [0.2, 0.25) is 0 Å². The maximum absolute atomic E-state index is 13.4. The summed E-state index contributed by atoms with van der Waals surface area (Å²) in [5.74, 6) is -0.200. The second kappa shape index (κ2) is 14.4. The molecular weight excluding hydrogens is 635 g/mol. The van der Waals surface area contributed by atoms with Gasteiger partial charge in [-0.15, -0.1) is 30.1 Å². The summed E-state index contributed by atoms with van der Waals surface area (Å²) in [4.78, 5) is 25.8. The van der Waals surface area contributed by atoms with Crippen LogP contribution in [-0.4, -0.2) is 57.7 Å². The summed E-state index contributed by atoms with van der Waals surface area (Å²) in [6.45, 7) is 0. The molecule has 0 radical (unpaired) electrons. The molecular formula is C33H32F3N5O7. The monoisotopic (exact) mass is 667 g/mol. The van der Waals surface area contributed by atoms with Crippen molar-refractivity contribution >= 4 is 0 Å². The minimum absolute atomic E-state index is 0.211. The van der Waals surface area contributed by atoms with Gasteiger partial charge >= 0.3 is 5.69 Å². The minimum Gasteiger partial charge on any atom is -0.497 e. The molecule has 0 amide bonds. The van der Waals surface area contributed by atoms with E-state index in [9.17, 15) is 33.2 Å². The van der Waals surface area contributed by atoms with Crippen LogP contribution in [-0.2, 0) is 10.2 Å².